The molecular formula is C28H33N3O2. The van der Waals surface area contributed by atoms with Crippen LogP contribution in [0.25, 0.3) is 22.4 Å². The molecule has 0 atom stereocenters. The van der Waals surface area contributed by atoms with Gasteiger partial charge in [0, 0.05) is 11.1 Å². The van der Waals surface area contributed by atoms with Crippen LogP contribution in [0.15, 0.2) is 54.6 Å². The average Bonchev–Trinajstić information content (AvgIpc) is 2.84. The zero-order valence-corrected chi connectivity index (χ0v) is 19.6. The van der Waals surface area contributed by atoms with Crippen molar-refractivity contribution in [2.45, 2.75) is 52.4 Å². The van der Waals surface area contributed by atoms with E-state index < -0.39 is 0 Å². The number of ether oxygens (including phenoxy) is 2. The van der Waals surface area contributed by atoms with Crippen LogP contribution >= 0.6 is 0 Å². The Morgan fingerprint density at radius 1 is 0.818 bits per heavy atom. The van der Waals surface area contributed by atoms with Crippen LogP contribution < -0.4 is 15.2 Å². The van der Waals surface area contributed by atoms with Crippen LogP contribution in [0.3, 0.4) is 0 Å². The molecule has 172 valence electrons. The van der Waals surface area contributed by atoms with Crippen molar-refractivity contribution in [3.05, 3.63) is 60.2 Å². The minimum Gasteiger partial charge on any atom is -0.494 e. The summed E-state index contributed by atoms with van der Waals surface area (Å²) in [6, 6.07) is 19.6. The fourth-order valence-corrected chi connectivity index (χ4v) is 3.75. The molecule has 5 nitrogen and oxygen atoms in total. The summed E-state index contributed by atoms with van der Waals surface area (Å²) in [6.45, 7) is 5.52. The Morgan fingerprint density at radius 2 is 1.42 bits per heavy atom. The Balaban J connectivity index is 1.73. The number of unbranched alkanes of at least 4 members (excludes halogenated alkanes) is 5. The maximum Gasteiger partial charge on any atom is 0.142 e. The molecule has 0 saturated carbocycles. The molecular weight excluding hydrogens is 410 g/mol. The van der Waals surface area contributed by atoms with Crippen LogP contribution in [0.5, 0.6) is 11.5 Å². The van der Waals surface area contributed by atoms with Gasteiger partial charge in [0.25, 0.3) is 0 Å². The molecule has 0 unspecified atom stereocenters. The Hall–Kier alpha value is -3.52. The second-order valence-corrected chi connectivity index (χ2v) is 8.03. The first-order chi connectivity index (χ1) is 16.2. The van der Waals surface area contributed by atoms with Gasteiger partial charge in [0.15, 0.2) is 0 Å². The Bertz CT molecular complexity index is 1050. The van der Waals surface area contributed by atoms with Gasteiger partial charge in [-0.25, -0.2) is 4.98 Å². The monoisotopic (exact) mass is 443 g/mol. The van der Waals surface area contributed by atoms with E-state index in [1.165, 1.54) is 32.1 Å². The molecule has 0 aliphatic heterocycles. The first kappa shape index (κ1) is 24.1. The minimum absolute atomic E-state index is 0.224. The summed E-state index contributed by atoms with van der Waals surface area (Å²) < 4.78 is 11.4. The Labute approximate surface area is 197 Å². The fourth-order valence-electron chi connectivity index (χ4n) is 3.75. The van der Waals surface area contributed by atoms with E-state index in [1.807, 2.05) is 61.5 Å². The van der Waals surface area contributed by atoms with E-state index in [9.17, 15) is 5.26 Å². The summed E-state index contributed by atoms with van der Waals surface area (Å²) in [5, 5.41) is 9.68. The highest BCUT2D eigenvalue weighted by Gasteiger charge is 2.14. The number of aromatic nitrogens is 1. The van der Waals surface area contributed by atoms with Crippen molar-refractivity contribution in [3.63, 3.8) is 0 Å². The molecule has 5 heteroatoms. The first-order valence-electron chi connectivity index (χ1n) is 11.8. The molecule has 1 heterocycles. The lowest BCUT2D eigenvalue weighted by atomic mass is 9.98. The maximum atomic E-state index is 9.68. The molecule has 0 spiro atoms. The second-order valence-electron chi connectivity index (χ2n) is 8.03. The Kier molecular flexibility index (Phi) is 9.14. The van der Waals surface area contributed by atoms with Crippen LogP contribution in [-0.4, -0.2) is 18.2 Å². The molecule has 2 aromatic carbocycles. The standard InChI is InChI=1S/C28H33N3O2/c1-3-5-6-7-8-9-18-33-24-14-10-21(11-15-24)25-19-27(31-28(30)26(25)20-29)22-12-16-23(17-13-22)32-4-2/h10-17,19H,3-9,18H2,1-2H3,(H2,30,31). The van der Waals surface area contributed by atoms with Crippen molar-refractivity contribution >= 4 is 5.82 Å². The number of anilines is 1. The largest absolute Gasteiger partial charge is 0.494 e. The van der Waals surface area contributed by atoms with Gasteiger partial charge in [0.2, 0.25) is 0 Å². The van der Waals surface area contributed by atoms with Crippen molar-refractivity contribution in [2.75, 3.05) is 18.9 Å². The zero-order valence-electron chi connectivity index (χ0n) is 19.6. The molecule has 33 heavy (non-hydrogen) atoms. The number of nitriles is 1. The quantitative estimate of drug-likeness (QED) is 0.305. The zero-order chi connectivity index (χ0) is 23.5. The third-order valence-corrected chi connectivity index (χ3v) is 5.55. The lowest BCUT2D eigenvalue weighted by molar-refractivity contribution is 0.304. The SMILES string of the molecule is CCCCCCCCOc1ccc(-c2cc(-c3ccc(OCC)cc3)nc(N)c2C#N)cc1. The van der Waals surface area contributed by atoms with E-state index in [4.69, 9.17) is 15.2 Å². The lowest BCUT2D eigenvalue weighted by Crippen LogP contribution is -2.00. The molecule has 0 bridgehead atoms. The van der Waals surface area contributed by atoms with Gasteiger partial charge in [0.1, 0.15) is 28.9 Å². The van der Waals surface area contributed by atoms with Gasteiger partial charge in [-0.15, -0.1) is 0 Å². The van der Waals surface area contributed by atoms with Crippen LogP contribution in [0.4, 0.5) is 5.82 Å². The summed E-state index contributed by atoms with van der Waals surface area (Å²) in [5.74, 6) is 1.86. The fraction of sp³-hybridized carbons (Fsp3) is 0.357. The van der Waals surface area contributed by atoms with E-state index in [0.717, 1.165) is 41.2 Å². The van der Waals surface area contributed by atoms with Crippen molar-refractivity contribution in [1.29, 1.82) is 5.26 Å². The van der Waals surface area contributed by atoms with Gasteiger partial charge in [-0.3, -0.25) is 0 Å². The number of rotatable bonds is 12. The van der Waals surface area contributed by atoms with E-state index in [0.29, 0.717) is 17.9 Å². The lowest BCUT2D eigenvalue weighted by Gasteiger charge is -2.12. The number of pyridine rings is 1. The molecule has 1 aromatic heterocycles. The van der Waals surface area contributed by atoms with Crippen LogP contribution in [0, 0.1) is 11.3 Å². The molecule has 0 amide bonds. The summed E-state index contributed by atoms with van der Waals surface area (Å²) in [4.78, 5) is 4.46. The summed E-state index contributed by atoms with van der Waals surface area (Å²) in [6.07, 6.45) is 7.42. The van der Waals surface area contributed by atoms with Crippen molar-refractivity contribution in [1.82, 2.24) is 4.98 Å². The molecule has 0 aliphatic rings. The van der Waals surface area contributed by atoms with E-state index in [-0.39, 0.29) is 5.82 Å². The van der Waals surface area contributed by atoms with Crippen molar-refractivity contribution < 1.29 is 9.47 Å². The predicted octanol–water partition coefficient (Wildman–Crippen LogP) is 7.01. The van der Waals surface area contributed by atoms with Crippen LogP contribution in [0.2, 0.25) is 0 Å². The molecule has 0 saturated heterocycles. The van der Waals surface area contributed by atoms with Gasteiger partial charge in [-0.1, -0.05) is 51.2 Å². The maximum absolute atomic E-state index is 9.68. The van der Waals surface area contributed by atoms with Gasteiger partial charge < -0.3 is 15.2 Å². The van der Waals surface area contributed by atoms with Gasteiger partial charge in [0.05, 0.1) is 18.9 Å². The van der Waals surface area contributed by atoms with Crippen molar-refractivity contribution in [3.8, 4) is 40.0 Å². The summed E-state index contributed by atoms with van der Waals surface area (Å²) >= 11 is 0. The topological polar surface area (TPSA) is 81.2 Å². The molecule has 0 fully saturated rings. The van der Waals surface area contributed by atoms with Crippen LogP contribution in [0.1, 0.15) is 57.9 Å². The van der Waals surface area contributed by atoms with Crippen molar-refractivity contribution in [2.24, 2.45) is 0 Å². The highest BCUT2D eigenvalue weighted by molar-refractivity contribution is 5.80. The molecule has 0 radical (unpaired) electrons. The second kappa shape index (κ2) is 12.5. The highest BCUT2D eigenvalue weighted by atomic mass is 16.5. The van der Waals surface area contributed by atoms with Gasteiger partial charge >= 0.3 is 0 Å². The number of nitrogens with two attached hydrogens (primary N) is 1. The normalized spacial score (nSPS) is 10.6. The number of hydrogen-bond acceptors (Lipinski definition) is 5. The van der Waals surface area contributed by atoms with Gasteiger partial charge in [-0.2, -0.15) is 5.26 Å². The molecule has 3 aromatic rings. The predicted molar refractivity (Wildman–Crippen MR) is 134 cm³/mol. The highest BCUT2D eigenvalue weighted by Crippen LogP contribution is 2.32. The van der Waals surface area contributed by atoms with E-state index in [2.05, 4.69) is 18.0 Å². The number of benzene rings is 2. The average molecular weight is 444 g/mol. The number of hydrogen-bond donors (Lipinski definition) is 1. The van der Waals surface area contributed by atoms with Gasteiger partial charge in [-0.05, 0) is 61.4 Å². The summed E-state index contributed by atoms with van der Waals surface area (Å²) in [5.41, 5.74) is 9.83. The number of nitrogen functional groups attached to an aromatic ring is 1. The van der Waals surface area contributed by atoms with E-state index >= 15 is 0 Å². The molecule has 2 N–H and O–H groups in total. The minimum atomic E-state index is 0.224. The third-order valence-electron chi connectivity index (χ3n) is 5.55. The van der Waals surface area contributed by atoms with Crippen LogP contribution in [-0.2, 0) is 0 Å². The smallest absolute Gasteiger partial charge is 0.142 e. The number of nitrogens with zero attached hydrogens (tertiary/aromatic N) is 2. The van der Waals surface area contributed by atoms with E-state index in [1.54, 1.807) is 0 Å². The first-order valence-corrected chi connectivity index (χ1v) is 11.8. The Morgan fingerprint density at radius 3 is 2.06 bits per heavy atom. The summed E-state index contributed by atoms with van der Waals surface area (Å²) in [7, 11) is 0. The molecule has 3 rings (SSSR count). The molecule has 0 aliphatic carbocycles. The third kappa shape index (κ3) is 6.73.